The fourth-order valence-corrected chi connectivity index (χ4v) is 20.4. The van der Waals surface area contributed by atoms with Gasteiger partial charge in [0.1, 0.15) is 0 Å². The van der Waals surface area contributed by atoms with Crippen LogP contribution in [0.1, 0.15) is 69.1 Å². The van der Waals surface area contributed by atoms with E-state index in [4.69, 9.17) is 0 Å². The minimum Gasteiger partial charge on any atom is -0.272 e. The maximum Gasteiger partial charge on any atom is 0.262 e. The maximum absolute atomic E-state index is 15.0. The van der Waals surface area contributed by atoms with Gasteiger partial charge in [0.15, 0.2) is 0 Å². The highest BCUT2D eigenvalue weighted by Crippen LogP contribution is 2.52. The number of amides is 4. The van der Waals surface area contributed by atoms with Crippen molar-refractivity contribution in [2.45, 2.75) is 39.8 Å². The number of hydrogen-bond donors (Lipinski definition) is 0. The van der Waals surface area contributed by atoms with Crippen LogP contribution in [-0.4, -0.2) is 45.5 Å². The molecule has 0 bridgehead atoms. The SMILES string of the molecule is CC(C)N1C(=O)c2cc(-c3ccc(-c4ccc(-c5ccc(-c6ccc(-c7cccs7)s6)s5)s4)s3)c3c4c(cc(-c5ccc(-c6ccc(-c7ccc(-c8ccc(-c9cccs9)s8)s7)s6)s5)c(c24)C1=O)C(=O)N(C(C)C)C3=O. The van der Waals surface area contributed by atoms with Crippen LogP contribution in [0.25, 0.3) is 110 Å². The molecule has 6 nitrogen and oxygen atoms in total. The Labute approximate surface area is 477 Å². The van der Waals surface area contributed by atoms with E-state index in [1.807, 2.05) is 74.6 Å². The molecule has 0 spiro atoms. The van der Waals surface area contributed by atoms with Crippen LogP contribution in [0, 0.1) is 0 Å². The highest BCUT2D eigenvalue weighted by atomic mass is 32.1. The van der Waals surface area contributed by atoms with Gasteiger partial charge >= 0.3 is 0 Å². The summed E-state index contributed by atoms with van der Waals surface area (Å²) in [6.07, 6.45) is 0. The van der Waals surface area contributed by atoms with Gasteiger partial charge in [-0.3, -0.25) is 29.0 Å². The van der Waals surface area contributed by atoms with Gasteiger partial charge in [-0.1, -0.05) is 12.1 Å². The number of carbonyl (C=O) groups excluding carboxylic acids is 4. The Hall–Kier alpha value is -6.02. The average Bonchev–Trinajstić information content (AvgIpc) is 4.38. The molecule has 0 saturated carbocycles. The quantitative estimate of drug-likeness (QED) is 0.114. The van der Waals surface area contributed by atoms with E-state index >= 15 is 0 Å². The molecule has 0 atom stereocenters. The van der Waals surface area contributed by atoms with Crippen LogP contribution >= 0.6 is 113 Å². The van der Waals surface area contributed by atoms with Crippen LogP contribution in [0.5, 0.6) is 0 Å². The molecule has 2 aromatic carbocycles. The molecule has 4 amide bonds. The summed E-state index contributed by atoms with van der Waals surface area (Å²) < 4.78 is 0. The third-order valence-corrected chi connectivity index (χ3v) is 25.6. The molecule has 0 aliphatic carbocycles. The van der Waals surface area contributed by atoms with Crippen molar-refractivity contribution in [3.63, 3.8) is 0 Å². The van der Waals surface area contributed by atoms with Crippen molar-refractivity contribution in [3.8, 4) is 98.9 Å². The molecule has 0 unspecified atom stereocenters. The topological polar surface area (TPSA) is 74.8 Å². The third-order valence-electron chi connectivity index (χ3n) is 13.6. The Kier molecular flexibility index (Phi) is 12.0. The smallest absolute Gasteiger partial charge is 0.262 e. The molecule has 0 saturated heterocycles. The second-order valence-corrected chi connectivity index (χ2v) is 29.4. The number of rotatable bonds is 12. The summed E-state index contributed by atoms with van der Waals surface area (Å²) >= 11 is 17.3. The lowest BCUT2D eigenvalue weighted by molar-refractivity contribution is 0.0542. The van der Waals surface area contributed by atoms with Crippen molar-refractivity contribution in [2.75, 3.05) is 0 Å². The summed E-state index contributed by atoms with van der Waals surface area (Å²) in [4.78, 5) is 83.0. The number of nitrogens with zero attached hydrogens (tertiary/aromatic N) is 2. The molecule has 0 fully saturated rings. The first kappa shape index (κ1) is 48.4. The first-order chi connectivity index (χ1) is 36.9. The Balaban J connectivity index is 0.832. The second kappa shape index (κ2) is 18.9. The van der Waals surface area contributed by atoms with Gasteiger partial charge in [0.2, 0.25) is 0 Å². The van der Waals surface area contributed by atoms with Crippen molar-refractivity contribution in [3.05, 3.63) is 166 Å². The molecular weight excluding hydrogens is 1130 g/mol. The lowest BCUT2D eigenvalue weighted by atomic mass is 9.80. The van der Waals surface area contributed by atoms with E-state index in [0.717, 1.165) is 29.3 Å². The summed E-state index contributed by atoms with van der Waals surface area (Å²) in [5, 5.41) is 4.97. The van der Waals surface area contributed by atoms with Crippen molar-refractivity contribution in [1.82, 2.24) is 9.80 Å². The zero-order valence-corrected chi connectivity index (χ0v) is 48.8. The molecule has 372 valence electrons. The molecule has 14 rings (SSSR count). The standard InChI is InChI=1S/C60H38N2O4S10/c1-29(2)61-57(63)33-27-32(36-10-12-42(70-36)44-18-20-50(74-44)52-24-22-48(76-52)46-16-14-40(72-46)38-8-6-26-68-38)56-54-34(58(64)62(30(3)4)60(56)66)28-31(55(53(33)54)59(61)65)35-9-11-41(69-35)43-17-19-49(73-43)51-23-21-47(75-51)45-15-13-39(71-45)37-7-5-25-67-37/h5-30H,1-4H3. The lowest BCUT2D eigenvalue weighted by Crippen LogP contribution is -2.47. The normalized spacial score (nSPS) is 13.6. The minimum absolute atomic E-state index is 0.314. The molecule has 0 radical (unpaired) electrons. The van der Waals surface area contributed by atoms with E-state index in [0.29, 0.717) is 44.2 Å². The lowest BCUT2D eigenvalue weighted by Gasteiger charge is -2.36. The summed E-state index contributed by atoms with van der Waals surface area (Å²) in [6, 6.07) is 45.7. The number of hydrogen-bond acceptors (Lipinski definition) is 14. The predicted molar refractivity (Wildman–Crippen MR) is 328 cm³/mol. The fraction of sp³-hybridized carbons (Fsp3) is 0.100. The number of imide groups is 2. The molecule has 10 aromatic heterocycles. The average molecular weight is 1170 g/mol. The van der Waals surface area contributed by atoms with E-state index in [2.05, 4.69) is 120 Å². The summed E-state index contributed by atoms with van der Waals surface area (Å²) in [5.74, 6) is -1.74. The molecule has 12 aromatic rings. The molecule has 76 heavy (non-hydrogen) atoms. The Morgan fingerprint density at radius 2 is 0.526 bits per heavy atom. The van der Waals surface area contributed by atoms with Crippen LogP contribution in [0.15, 0.2) is 144 Å². The Morgan fingerprint density at radius 3 is 0.763 bits per heavy atom. The first-order valence-electron chi connectivity index (χ1n) is 24.3. The zero-order valence-electron chi connectivity index (χ0n) is 40.6. The fourth-order valence-electron chi connectivity index (χ4n) is 10.1. The molecule has 0 N–H and O–H groups in total. The van der Waals surface area contributed by atoms with Gasteiger partial charge in [-0.05, 0) is 160 Å². The van der Waals surface area contributed by atoms with Crippen LogP contribution in [0.3, 0.4) is 0 Å². The zero-order chi connectivity index (χ0) is 51.7. The number of carbonyl (C=O) groups is 4. The maximum atomic E-state index is 15.0. The second-order valence-electron chi connectivity index (χ2n) is 18.9. The Morgan fingerprint density at radius 1 is 0.289 bits per heavy atom. The molecule has 12 heterocycles. The van der Waals surface area contributed by atoms with Gasteiger partial charge in [-0.25, -0.2) is 0 Å². The largest absolute Gasteiger partial charge is 0.272 e. The monoisotopic (exact) mass is 1170 g/mol. The number of benzene rings is 2. The van der Waals surface area contributed by atoms with Gasteiger partial charge in [0.05, 0.1) is 11.1 Å². The predicted octanol–water partition coefficient (Wildman–Crippen LogP) is 20.1. The van der Waals surface area contributed by atoms with E-state index in [1.54, 1.807) is 90.7 Å². The highest BCUT2D eigenvalue weighted by Gasteiger charge is 2.44. The summed E-state index contributed by atoms with van der Waals surface area (Å²) in [5.41, 5.74) is 2.46. The van der Waals surface area contributed by atoms with Crippen LogP contribution < -0.4 is 0 Å². The van der Waals surface area contributed by atoms with Crippen molar-refractivity contribution < 1.29 is 19.2 Å². The van der Waals surface area contributed by atoms with Gasteiger partial charge in [0, 0.05) is 133 Å². The van der Waals surface area contributed by atoms with Crippen molar-refractivity contribution in [1.29, 1.82) is 0 Å². The van der Waals surface area contributed by atoms with E-state index in [-0.39, 0.29) is 0 Å². The highest BCUT2D eigenvalue weighted by molar-refractivity contribution is 7.31. The first-order valence-corrected chi connectivity index (χ1v) is 32.6. The molecular formula is C60H38N2O4S10. The van der Waals surface area contributed by atoms with E-state index in [9.17, 15) is 19.2 Å². The van der Waals surface area contributed by atoms with E-state index < -0.39 is 35.7 Å². The van der Waals surface area contributed by atoms with Gasteiger partial charge in [-0.2, -0.15) is 0 Å². The van der Waals surface area contributed by atoms with Crippen LogP contribution in [0.4, 0.5) is 0 Å². The molecule has 2 aliphatic rings. The van der Waals surface area contributed by atoms with Crippen LogP contribution in [0.2, 0.25) is 0 Å². The van der Waals surface area contributed by atoms with Crippen LogP contribution in [-0.2, 0) is 0 Å². The Bertz CT molecular complexity index is 4030. The van der Waals surface area contributed by atoms with E-state index in [1.165, 1.54) is 68.3 Å². The molecule has 16 heteroatoms. The minimum atomic E-state index is -0.453. The summed E-state index contributed by atoms with van der Waals surface area (Å²) in [6.45, 7) is 7.38. The van der Waals surface area contributed by atoms with Crippen molar-refractivity contribution >= 4 is 148 Å². The van der Waals surface area contributed by atoms with Crippen molar-refractivity contribution in [2.24, 2.45) is 0 Å². The third kappa shape index (κ3) is 7.94. The van der Waals surface area contributed by atoms with Gasteiger partial charge < -0.3 is 0 Å². The summed E-state index contributed by atoms with van der Waals surface area (Å²) in [7, 11) is 0. The van der Waals surface area contributed by atoms with Gasteiger partial charge in [0.25, 0.3) is 23.6 Å². The number of thiophene rings is 10. The molecule has 2 aliphatic heterocycles. The van der Waals surface area contributed by atoms with Gasteiger partial charge in [-0.15, -0.1) is 113 Å².